The van der Waals surface area contributed by atoms with E-state index in [4.69, 9.17) is 9.47 Å². The highest BCUT2D eigenvalue weighted by atomic mass is 32.2. The average molecular weight is 485 g/mol. The lowest BCUT2D eigenvalue weighted by Crippen LogP contribution is -2.27. The number of rotatable bonds is 7. The maximum atomic E-state index is 13.9. The van der Waals surface area contributed by atoms with Gasteiger partial charge >= 0.3 is 0 Å². The summed E-state index contributed by atoms with van der Waals surface area (Å²) in [6.07, 6.45) is 0.390. The van der Waals surface area contributed by atoms with E-state index in [2.05, 4.69) is 5.32 Å². The monoisotopic (exact) mass is 484 g/mol. The molecule has 0 radical (unpaired) electrons. The van der Waals surface area contributed by atoms with E-state index in [-0.39, 0.29) is 36.6 Å². The van der Waals surface area contributed by atoms with E-state index < -0.39 is 10.0 Å². The first-order valence-corrected chi connectivity index (χ1v) is 12.2. The number of carbonyl (C=O) groups is 1. The SMILES string of the molecule is Cc1ccc(S(=O)(=O)N(C)c2ccc(C(=O)NCCc3cc(F)cc4c3OCOC4)cc2)cc1. The van der Waals surface area contributed by atoms with E-state index in [1.807, 2.05) is 6.92 Å². The van der Waals surface area contributed by atoms with E-state index >= 15 is 0 Å². The third kappa shape index (κ3) is 5.05. The molecule has 0 aromatic heterocycles. The Morgan fingerprint density at radius 1 is 1.09 bits per heavy atom. The lowest BCUT2D eigenvalue weighted by Gasteiger charge is -2.21. The standard InChI is InChI=1S/C25H25FN2O5S/c1-17-3-9-23(10-4-17)34(30,31)28(2)22-7-5-18(6-8-22)25(29)27-12-11-19-13-21(26)14-20-15-32-16-33-24(19)20/h3-10,13-14H,11-12,15-16H2,1-2H3,(H,27,29). The fourth-order valence-corrected chi connectivity index (χ4v) is 4.88. The minimum atomic E-state index is -3.72. The molecule has 1 aliphatic heterocycles. The lowest BCUT2D eigenvalue weighted by atomic mass is 10.1. The molecule has 34 heavy (non-hydrogen) atoms. The Labute approximate surface area is 198 Å². The molecule has 1 amide bonds. The van der Waals surface area contributed by atoms with Crippen molar-refractivity contribution in [2.75, 3.05) is 24.7 Å². The van der Waals surface area contributed by atoms with Gasteiger partial charge in [-0.15, -0.1) is 0 Å². The fraction of sp³-hybridized carbons (Fsp3) is 0.240. The van der Waals surface area contributed by atoms with Crippen molar-refractivity contribution in [1.82, 2.24) is 5.32 Å². The molecule has 9 heteroatoms. The van der Waals surface area contributed by atoms with Crippen LogP contribution in [0.2, 0.25) is 0 Å². The number of aryl methyl sites for hydroxylation is 1. The lowest BCUT2D eigenvalue weighted by molar-refractivity contribution is -0.0172. The van der Waals surface area contributed by atoms with Gasteiger partial charge in [0.15, 0.2) is 6.79 Å². The smallest absolute Gasteiger partial charge is 0.264 e. The molecular weight excluding hydrogens is 459 g/mol. The van der Waals surface area contributed by atoms with Gasteiger partial charge in [-0.3, -0.25) is 9.10 Å². The first kappa shape index (κ1) is 23.7. The number of halogens is 1. The molecule has 178 valence electrons. The highest BCUT2D eigenvalue weighted by Gasteiger charge is 2.21. The number of nitrogens with zero attached hydrogens (tertiary/aromatic N) is 1. The Morgan fingerprint density at radius 3 is 2.50 bits per heavy atom. The number of hydrogen-bond donors (Lipinski definition) is 1. The van der Waals surface area contributed by atoms with Gasteiger partial charge in [0, 0.05) is 24.7 Å². The number of sulfonamides is 1. The number of carbonyl (C=O) groups excluding carboxylic acids is 1. The highest BCUT2D eigenvalue weighted by Crippen LogP contribution is 2.29. The van der Waals surface area contributed by atoms with Crippen molar-refractivity contribution in [2.24, 2.45) is 0 Å². The second-order valence-corrected chi connectivity index (χ2v) is 9.97. The van der Waals surface area contributed by atoms with Crippen molar-refractivity contribution >= 4 is 21.6 Å². The predicted octanol–water partition coefficient (Wildman–Crippen LogP) is 3.80. The molecule has 1 aliphatic rings. The normalized spacial score (nSPS) is 13.0. The summed E-state index contributed by atoms with van der Waals surface area (Å²) in [6.45, 7) is 2.56. The van der Waals surface area contributed by atoms with E-state index in [0.717, 1.165) is 5.56 Å². The molecule has 0 aliphatic carbocycles. The van der Waals surface area contributed by atoms with Crippen molar-refractivity contribution in [3.63, 3.8) is 0 Å². The Bertz CT molecular complexity index is 1290. The minimum Gasteiger partial charge on any atom is -0.467 e. The van der Waals surface area contributed by atoms with Crippen LogP contribution in [0.25, 0.3) is 0 Å². The number of hydrogen-bond acceptors (Lipinski definition) is 5. The van der Waals surface area contributed by atoms with E-state index in [9.17, 15) is 17.6 Å². The molecule has 0 fully saturated rings. The number of benzene rings is 3. The summed E-state index contributed by atoms with van der Waals surface area (Å²) in [4.78, 5) is 12.7. The highest BCUT2D eigenvalue weighted by molar-refractivity contribution is 7.92. The zero-order valence-corrected chi connectivity index (χ0v) is 19.7. The summed E-state index contributed by atoms with van der Waals surface area (Å²) in [5.41, 5.74) is 3.10. The maximum Gasteiger partial charge on any atom is 0.264 e. The Kier molecular flexibility index (Phi) is 6.85. The molecule has 3 aromatic rings. The molecular formula is C25H25FN2O5S. The molecule has 0 saturated carbocycles. The van der Waals surface area contributed by atoms with Gasteiger partial charge < -0.3 is 14.8 Å². The third-order valence-electron chi connectivity index (χ3n) is 5.60. The average Bonchev–Trinajstić information content (AvgIpc) is 2.83. The first-order chi connectivity index (χ1) is 16.3. The van der Waals surface area contributed by atoms with Crippen LogP contribution in [-0.4, -0.2) is 34.7 Å². The van der Waals surface area contributed by atoms with Crippen LogP contribution in [0.1, 0.15) is 27.0 Å². The molecule has 0 spiro atoms. The summed E-state index contributed by atoms with van der Waals surface area (Å²) in [5, 5.41) is 2.80. The van der Waals surface area contributed by atoms with Crippen molar-refractivity contribution in [3.8, 4) is 5.75 Å². The van der Waals surface area contributed by atoms with Crippen LogP contribution in [0.15, 0.2) is 65.6 Å². The second kappa shape index (κ2) is 9.82. The molecule has 3 aromatic carbocycles. The van der Waals surface area contributed by atoms with Crippen LogP contribution < -0.4 is 14.4 Å². The van der Waals surface area contributed by atoms with Gasteiger partial charge in [-0.05, 0) is 67.4 Å². The molecule has 0 unspecified atom stereocenters. The topological polar surface area (TPSA) is 84.9 Å². The summed E-state index contributed by atoms with van der Waals surface area (Å²) in [6, 6.07) is 15.7. The number of ether oxygens (including phenoxy) is 2. The molecule has 7 nitrogen and oxygen atoms in total. The van der Waals surface area contributed by atoms with Gasteiger partial charge in [-0.1, -0.05) is 17.7 Å². The zero-order valence-electron chi connectivity index (χ0n) is 18.9. The Hall–Kier alpha value is -3.43. The van der Waals surface area contributed by atoms with Gasteiger partial charge in [0.2, 0.25) is 0 Å². The predicted molar refractivity (Wildman–Crippen MR) is 126 cm³/mol. The van der Waals surface area contributed by atoms with Gasteiger partial charge in [0.1, 0.15) is 11.6 Å². The van der Waals surface area contributed by atoms with Crippen LogP contribution >= 0.6 is 0 Å². The summed E-state index contributed by atoms with van der Waals surface area (Å²) < 4.78 is 51.5. The van der Waals surface area contributed by atoms with Crippen molar-refractivity contribution < 1.29 is 27.1 Å². The maximum absolute atomic E-state index is 13.9. The molecule has 1 heterocycles. The van der Waals surface area contributed by atoms with Gasteiger partial charge in [-0.25, -0.2) is 12.8 Å². The van der Waals surface area contributed by atoms with Crippen LogP contribution in [-0.2, 0) is 27.8 Å². The molecule has 0 atom stereocenters. The van der Waals surface area contributed by atoms with Crippen LogP contribution in [0.5, 0.6) is 5.75 Å². The van der Waals surface area contributed by atoms with Gasteiger partial charge in [-0.2, -0.15) is 0 Å². The van der Waals surface area contributed by atoms with E-state index in [1.54, 1.807) is 48.5 Å². The van der Waals surface area contributed by atoms with Crippen LogP contribution in [0.4, 0.5) is 10.1 Å². The van der Waals surface area contributed by atoms with Crippen molar-refractivity contribution in [1.29, 1.82) is 0 Å². The summed E-state index contributed by atoms with van der Waals surface area (Å²) in [5.74, 6) is -0.0938. The number of anilines is 1. The van der Waals surface area contributed by atoms with Gasteiger partial charge in [0.05, 0.1) is 17.2 Å². The summed E-state index contributed by atoms with van der Waals surface area (Å²) >= 11 is 0. The Morgan fingerprint density at radius 2 is 1.79 bits per heavy atom. The minimum absolute atomic E-state index is 0.110. The molecule has 0 bridgehead atoms. The van der Waals surface area contributed by atoms with Crippen molar-refractivity contribution in [3.05, 3.63) is 88.7 Å². The molecule has 0 saturated heterocycles. The van der Waals surface area contributed by atoms with Crippen LogP contribution in [0.3, 0.4) is 0 Å². The van der Waals surface area contributed by atoms with Crippen molar-refractivity contribution in [2.45, 2.75) is 24.8 Å². The van der Waals surface area contributed by atoms with Crippen LogP contribution in [0, 0.1) is 12.7 Å². The Balaban J connectivity index is 1.39. The van der Waals surface area contributed by atoms with E-state index in [1.165, 1.54) is 23.5 Å². The quantitative estimate of drug-likeness (QED) is 0.552. The van der Waals surface area contributed by atoms with E-state index in [0.29, 0.717) is 34.5 Å². The number of nitrogens with one attached hydrogen (secondary N) is 1. The fourth-order valence-electron chi connectivity index (χ4n) is 3.69. The zero-order chi connectivity index (χ0) is 24.3. The number of amides is 1. The first-order valence-electron chi connectivity index (χ1n) is 10.7. The number of fused-ring (bicyclic) bond motifs is 1. The molecule has 4 rings (SSSR count). The largest absolute Gasteiger partial charge is 0.467 e. The van der Waals surface area contributed by atoms with Gasteiger partial charge in [0.25, 0.3) is 15.9 Å². The third-order valence-corrected chi connectivity index (χ3v) is 7.40. The second-order valence-electron chi connectivity index (χ2n) is 8.00. The molecule has 1 N–H and O–H groups in total. The summed E-state index contributed by atoms with van der Waals surface area (Å²) in [7, 11) is -2.25.